The van der Waals surface area contributed by atoms with Gasteiger partial charge in [-0.1, -0.05) is 78.1 Å². The minimum atomic E-state index is 0.0511. The van der Waals surface area contributed by atoms with Crippen molar-refractivity contribution in [2.24, 2.45) is 17.8 Å². The molecule has 2 fully saturated rings. The number of ether oxygens (including phenoxy) is 1. The summed E-state index contributed by atoms with van der Waals surface area (Å²) in [6.07, 6.45) is 20.5. The van der Waals surface area contributed by atoms with Gasteiger partial charge in [-0.2, -0.15) is 0 Å². The highest BCUT2D eigenvalue weighted by Crippen LogP contribution is 2.35. The first-order chi connectivity index (χ1) is 12.2. The second-order valence-electron chi connectivity index (χ2n) is 9.00. The highest BCUT2D eigenvalue weighted by Gasteiger charge is 2.22. The molecule has 146 valence electrons. The zero-order valence-corrected chi connectivity index (χ0v) is 16.9. The van der Waals surface area contributed by atoms with Crippen molar-refractivity contribution >= 4 is 5.97 Å². The SMILES string of the molecule is CCCCC1CCC(CCC(C)CCC(=O)OC2CCCCC2)CC1. The summed E-state index contributed by atoms with van der Waals surface area (Å²) < 4.78 is 5.64. The Kier molecular flexibility index (Phi) is 9.94. The van der Waals surface area contributed by atoms with Crippen LogP contribution in [0, 0.1) is 17.8 Å². The Labute approximate surface area is 156 Å². The van der Waals surface area contributed by atoms with Crippen molar-refractivity contribution in [2.75, 3.05) is 0 Å². The molecule has 0 saturated heterocycles. The first-order valence-corrected chi connectivity index (χ1v) is 11.4. The molecule has 0 spiro atoms. The van der Waals surface area contributed by atoms with E-state index in [0.717, 1.165) is 31.1 Å². The van der Waals surface area contributed by atoms with Crippen molar-refractivity contribution in [2.45, 2.75) is 123 Å². The minimum Gasteiger partial charge on any atom is -0.462 e. The third-order valence-corrected chi connectivity index (χ3v) is 6.69. The van der Waals surface area contributed by atoms with Gasteiger partial charge in [0.2, 0.25) is 0 Å². The van der Waals surface area contributed by atoms with E-state index in [1.165, 1.54) is 77.0 Å². The van der Waals surface area contributed by atoms with E-state index >= 15 is 0 Å². The Hall–Kier alpha value is -0.530. The number of esters is 1. The predicted octanol–water partition coefficient (Wildman–Crippen LogP) is 7.06. The summed E-state index contributed by atoms with van der Waals surface area (Å²) in [7, 11) is 0. The van der Waals surface area contributed by atoms with E-state index in [1.54, 1.807) is 0 Å². The largest absolute Gasteiger partial charge is 0.462 e. The second-order valence-corrected chi connectivity index (χ2v) is 9.00. The van der Waals surface area contributed by atoms with Gasteiger partial charge in [0.25, 0.3) is 0 Å². The van der Waals surface area contributed by atoms with Crippen molar-refractivity contribution in [3.05, 3.63) is 0 Å². The number of hydrogen-bond donors (Lipinski definition) is 0. The fraction of sp³-hybridized carbons (Fsp3) is 0.957. The molecule has 0 bridgehead atoms. The molecule has 0 amide bonds. The van der Waals surface area contributed by atoms with E-state index in [0.29, 0.717) is 12.3 Å². The van der Waals surface area contributed by atoms with Crippen LogP contribution >= 0.6 is 0 Å². The van der Waals surface area contributed by atoms with Gasteiger partial charge in [-0.15, -0.1) is 0 Å². The molecule has 0 aliphatic heterocycles. The van der Waals surface area contributed by atoms with Crippen LogP contribution in [0.25, 0.3) is 0 Å². The molecule has 25 heavy (non-hydrogen) atoms. The normalized spacial score (nSPS) is 26.3. The predicted molar refractivity (Wildman–Crippen MR) is 106 cm³/mol. The molecular weight excluding hydrogens is 308 g/mol. The van der Waals surface area contributed by atoms with Gasteiger partial charge < -0.3 is 4.74 Å². The summed E-state index contributed by atoms with van der Waals surface area (Å²) in [5.74, 6) is 2.68. The molecule has 2 nitrogen and oxygen atoms in total. The summed E-state index contributed by atoms with van der Waals surface area (Å²) in [5, 5.41) is 0. The molecule has 0 heterocycles. The van der Waals surface area contributed by atoms with Crippen LogP contribution in [0.2, 0.25) is 0 Å². The molecule has 2 saturated carbocycles. The Morgan fingerprint density at radius 2 is 1.56 bits per heavy atom. The van der Waals surface area contributed by atoms with Gasteiger partial charge in [0.05, 0.1) is 0 Å². The highest BCUT2D eigenvalue weighted by molar-refractivity contribution is 5.69. The molecule has 0 aromatic heterocycles. The summed E-state index contributed by atoms with van der Waals surface area (Å²) in [5.41, 5.74) is 0. The van der Waals surface area contributed by atoms with Crippen LogP contribution in [0.1, 0.15) is 117 Å². The molecular formula is C23H42O2. The van der Waals surface area contributed by atoms with Crippen LogP contribution in [0.3, 0.4) is 0 Å². The lowest BCUT2D eigenvalue weighted by Crippen LogP contribution is -2.21. The molecule has 0 aromatic carbocycles. The topological polar surface area (TPSA) is 26.3 Å². The lowest BCUT2D eigenvalue weighted by Gasteiger charge is -2.29. The van der Waals surface area contributed by atoms with Gasteiger partial charge in [0.15, 0.2) is 0 Å². The average molecular weight is 351 g/mol. The maximum Gasteiger partial charge on any atom is 0.306 e. The van der Waals surface area contributed by atoms with Gasteiger partial charge >= 0.3 is 5.97 Å². The van der Waals surface area contributed by atoms with Gasteiger partial charge in [-0.25, -0.2) is 0 Å². The summed E-state index contributed by atoms with van der Waals surface area (Å²) in [6.45, 7) is 4.62. The molecule has 0 aromatic rings. The number of rotatable bonds is 10. The Balaban J connectivity index is 1.50. The Morgan fingerprint density at radius 3 is 2.20 bits per heavy atom. The maximum absolute atomic E-state index is 12.0. The zero-order valence-electron chi connectivity index (χ0n) is 16.9. The highest BCUT2D eigenvalue weighted by atomic mass is 16.5. The minimum absolute atomic E-state index is 0.0511. The molecule has 0 radical (unpaired) electrons. The zero-order chi connectivity index (χ0) is 17.9. The van der Waals surface area contributed by atoms with E-state index in [1.807, 2.05) is 0 Å². The van der Waals surface area contributed by atoms with Gasteiger partial charge in [0, 0.05) is 6.42 Å². The third kappa shape index (κ3) is 8.60. The summed E-state index contributed by atoms with van der Waals surface area (Å²) >= 11 is 0. The van der Waals surface area contributed by atoms with Crippen LogP contribution in [-0.4, -0.2) is 12.1 Å². The quantitative estimate of drug-likeness (QED) is 0.394. The van der Waals surface area contributed by atoms with Crippen LogP contribution in [0.5, 0.6) is 0 Å². The van der Waals surface area contributed by atoms with Gasteiger partial charge in [-0.3, -0.25) is 4.79 Å². The molecule has 1 unspecified atom stereocenters. The number of carbonyl (C=O) groups excluding carboxylic acids is 1. The number of carbonyl (C=O) groups is 1. The first kappa shape index (κ1) is 20.8. The van der Waals surface area contributed by atoms with Crippen LogP contribution < -0.4 is 0 Å². The molecule has 2 aliphatic carbocycles. The average Bonchev–Trinajstić information content (AvgIpc) is 2.64. The summed E-state index contributed by atoms with van der Waals surface area (Å²) in [6, 6.07) is 0. The van der Waals surface area contributed by atoms with Gasteiger partial charge in [0.1, 0.15) is 6.10 Å². The van der Waals surface area contributed by atoms with Crippen molar-refractivity contribution in [3.8, 4) is 0 Å². The van der Waals surface area contributed by atoms with Crippen molar-refractivity contribution in [3.63, 3.8) is 0 Å². The third-order valence-electron chi connectivity index (χ3n) is 6.69. The van der Waals surface area contributed by atoms with Crippen molar-refractivity contribution < 1.29 is 9.53 Å². The molecule has 1 atom stereocenters. The standard InChI is InChI=1S/C23H42O2/c1-3-4-8-20-14-16-21(17-15-20)13-11-19(2)12-18-23(24)25-22-9-6-5-7-10-22/h19-22H,3-18H2,1-2H3. The lowest BCUT2D eigenvalue weighted by molar-refractivity contribution is -0.150. The molecule has 2 heteroatoms. The lowest BCUT2D eigenvalue weighted by atomic mass is 9.77. The van der Waals surface area contributed by atoms with Crippen LogP contribution in [0.15, 0.2) is 0 Å². The van der Waals surface area contributed by atoms with E-state index in [2.05, 4.69) is 13.8 Å². The Morgan fingerprint density at radius 1 is 0.920 bits per heavy atom. The van der Waals surface area contributed by atoms with Crippen molar-refractivity contribution in [1.82, 2.24) is 0 Å². The second kappa shape index (κ2) is 12.0. The summed E-state index contributed by atoms with van der Waals surface area (Å²) in [4.78, 5) is 12.0. The first-order valence-electron chi connectivity index (χ1n) is 11.4. The number of unbranched alkanes of at least 4 members (excludes halogenated alkanes) is 1. The van der Waals surface area contributed by atoms with E-state index in [4.69, 9.17) is 4.74 Å². The van der Waals surface area contributed by atoms with Crippen LogP contribution in [0.4, 0.5) is 0 Å². The maximum atomic E-state index is 12.0. The van der Waals surface area contributed by atoms with E-state index in [9.17, 15) is 4.79 Å². The van der Waals surface area contributed by atoms with E-state index in [-0.39, 0.29) is 12.1 Å². The molecule has 2 aliphatic rings. The van der Waals surface area contributed by atoms with E-state index < -0.39 is 0 Å². The fourth-order valence-corrected chi connectivity index (χ4v) is 4.76. The fourth-order valence-electron chi connectivity index (χ4n) is 4.76. The van der Waals surface area contributed by atoms with Crippen LogP contribution in [-0.2, 0) is 9.53 Å². The van der Waals surface area contributed by atoms with Gasteiger partial charge in [-0.05, 0) is 49.9 Å². The molecule has 2 rings (SSSR count). The number of hydrogen-bond acceptors (Lipinski definition) is 2. The Bertz CT molecular complexity index is 351. The molecule has 0 N–H and O–H groups in total. The smallest absolute Gasteiger partial charge is 0.306 e. The van der Waals surface area contributed by atoms with Crippen molar-refractivity contribution in [1.29, 1.82) is 0 Å². The monoisotopic (exact) mass is 350 g/mol.